The average molecular weight is 183 g/mol. The summed E-state index contributed by atoms with van der Waals surface area (Å²) in [5.74, 6) is 0.875. The Morgan fingerprint density at radius 1 is 1.00 bits per heavy atom. The third kappa shape index (κ3) is 11.5. The van der Waals surface area contributed by atoms with E-state index in [2.05, 4.69) is 13.8 Å². The molecule has 0 spiro atoms. The lowest BCUT2D eigenvalue weighted by Gasteiger charge is -2.03. The smallest absolute Gasteiger partial charge is 0.0103 e. The summed E-state index contributed by atoms with van der Waals surface area (Å²) in [5.41, 5.74) is 5.24. The number of rotatable bonds is 8. The summed E-state index contributed by atoms with van der Waals surface area (Å²) in [6.45, 7) is 4.60. The van der Waals surface area contributed by atoms with Gasteiger partial charge in [-0.15, -0.1) is 0 Å². The lowest BCUT2D eigenvalue weighted by Crippen LogP contribution is -1.87. The fourth-order valence-corrected chi connectivity index (χ4v) is 1.44. The summed E-state index contributed by atoms with van der Waals surface area (Å²) in [7, 11) is 0. The average Bonchev–Trinajstić information content (AvgIpc) is 2.09. The minimum Gasteiger partial charge on any atom is -0.405 e. The van der Waals surface area contributed by atoms with Crippen molar-refractivity contribution in [1.82, 2.24) is 0 Å². The molecule has 0 aliphatic rings. The van der Waals surface area contributed by atoms with Crippen molar-refractivity contribution in [3.05, 3.63) is 12.3 Å². The van der Waals surface area contributed by atoms with E-state index < -0.39 is 0 Å². The normalized spacial score (nSPS) is 11.6. The first-order valence-corrected chi connectivity index (χ1v) is 5.64. The van der Waals surface area contributed by atoms with Crippen LogP contribution in [0.5, 0.6) is 0 Å². The minimum absolute atomic E-state index is 0.875. The zero-order valence-corrected chi connectivity index (χ0v) is 9.26. The van der Waals surface area contributed by atoms with Gasteiger partial charge in [-0.2, -0.15) is 0 Å². The van der Waals surface area contributed by atoms with Crippen LogP contribution in [-0.4, -0.2) is 0 Å². The second-order valence-electron chi connectivity index (χ2n) is 4.17. The molecular formula is C12H25N. The van der Waals surface area contributed by atoms with Gasteiger partial charge in [0.05, 0.1) is 0 Å². The standard InChI is InChI=1S/C12H25N/c1-12(2)10-8-6-4-3-5-7-9-11-13/h9,11-12H,3-8,10,13H2,1-2H3. The molecule has 0 fully saturated rings. The molecular weight excluding hydrogens is 158 g/mol. The molecule has 0 aliphatic heterocycles. The van der Waals surface area contributed by atoms with Crippen molar-refractivity contribution in [2.45, 2.75) is 58.8 Å². The molecule has 0 aromatic heterocycles. The molecule has 0 rings (SSSR count). The molecule has 0 aliphatic carbocycles. The van der Waals surface area contributed by atoms with Crippen LogP contribution in [0.4, 0.5) is 0 Å². The van der Waals surface area contributed by atoms with Crippen LogP contribution in [0.25, 0.3) is 0 Å². The van der Waals surface area contributed by atoms with Gasteiger partial charge in [-0.3, -0.25) is 0 Å². The van der Waals surface area contributed by atoms with Crippen LogP contribution in [-0.2, 0) is 0 Å². The minimum atomic E-state index is 0.875. The van der Waals surface area contributed by atoms with E-state index >= 15 is 0 Å². The Kier molecular flexibility index (Phi) is 9.29. The third-order valence-electron chi connectivity index (χ3n) is 2.29. The van der Waals surface area contributed by atoms with Crippen molar-refractivity contribution < 1.29 is 0 Å². The summed E-state index contributed by atoms with van der Waals surface area (Å²) in [5, 5.41) is 0. The van der Waals surface area contributed by atoms with E-state index in [-0.39, 0.29) is 0 Å². The second kappa shape index (κ2) is 9.63. The topological polar surface area (TPSA) is 26.0 Å². The SMILES string of the molecule is CC(C)CCCCCCCC=CN. The number of hydrogen-bond acceptors (Lipinski definition) is 1. The van der Waals surface area contributed by atoms with Gasteiger partial charge >= 0.3 is 0 Å². The lowest BCUT2D eigenvalue weighted by molar-refractivity contribution is 0.516. The summed E-state index contributed by atoms with van der Waals surface area (Å²) in [6, 6.07) is 0. The summed E-state index contributed by atoms with van der Waals surface area (Å²) in [4.78, 5) is 0. The molecule has 0 aromatic rings. The molecule has 0 saturated heterocycles. The second-order valence-corrected chi connectivity index (χ2v) is 4.17. The van der Waals surface area contributed by atoms with Gasteiger partial charge in [0.1, 0.15) is 0 Å². The Bertz CT molecular complexity index is 116. The van der Waals surface area contributed by atoms with E-state index in [1.807, 2.05) is 6.08 Å². The van der Waals surface area contributed by atoms with Gasteiger partial charge in [0.15, 0.2) is 0 Å². The molecule has 13 heavy (non-hydrogen) atoms. The molecule has 0 atom stereocenters. The monoisotopic (exact) mass is 183 g/mol. The highest BCUT2D eigenvalue weighted by atomic mass is 14.5. The summed E-state index contributed by atoms with van der Waals surface area (Å²) in [6.07, 6.45) is 13.1. The number of unbranched alkanes of at least 4 members (excludes halogenated alkanes) is 5. The molecule has 0 saturated carbocycles. The van der Waals surface area contributed by atoms with Crippen LogP contribution in [0.1, 0.15) is 58.8 Å². The van der Waals surface area contributed by atoms with Crippen LogP contribution in [0.2, 0.25) is 0 Å². The summed E-state index contributed by atoms with van der Waals surface area (Å²) < 4.78 is 0. The van der Waals surface area contributed by atoms with Crippen LogP contribution in [0.15, 0.2) is 12.3 Å². The Balaban J connectivity index is 2.91. The van der Waals surface area contributed by atoms with E-state index in [1.54, 1.807) is 6.20 Å². The van der Waals surface area contributed by atoms with E-state index in [0.29, 0.717) is 0 Å². The van der Waals surface area contributed by atoms with E-state index in [1.165, 1.54) is 38.5 Å². The van der Waals surface area contributed by atoms with E-state index in [0.717, 1.165) is 12.3 Å². The highest BCUT2D eigenvalue weighted by Crippen LogP contribution is 2.11. The molecule has 0 bridgehead atoms. The fourth-order valence-electron chi connectivity index (χ4n) is 1.44. The Labute approximate surface area is 83.4 Å². The zero-order valence-electron chi connectivity index (χ0n) is 9.26. The molecule has 0 unspecified atom stereocenters. The number of nitrogens with two attached hydrogens (primary N) is 1. The number of allylic oxidation sites excluding steroid dienone is 1. The Hall–Kier alpha value is -0.460. The van der Waals surface area contributed by atoms with Gasteiger partial charge in [0.25, 0.3) is 0 Å². The van der Waals surface area contributed by atoms with Crippen LogP contribution in [0, 0.1) is 5.92 Å². The van der Waals surface area contributed by atoms with Crippen molar-refractivity contribution in [3.63, 3.8) is 0 Å². The predicted octanol–water partition coefficient (Wildman–Crippen LogP) is 3.85. The molecule has 0 radical (unpaired) electrons. The molecule has 0 amide bonds. The Morgan fingerprint density at radius 2 is 1.62 bits per heavy atom. The van der Waals surface area contributed by atoms with E-state index in [4.69, 9.17) is 5.73 Å². The highest BCUT2D eigenvalue weighted by molar-refractivity contribution is 4.74. The van der Waals surface area contributed by atoms with Crippen molar-refractivity contribution >= 4 is 0 Å². The maximum absolute atomic E-state index is 5.24. The van der Waals surface area contributed by atoms with Gasteiger partial charge < -0.3 is 5.73 Å². The third-order valence-corrected chi connectivity index (χ3v) is 2.29. The van der Waals surface area contributed by atoms with Crippen molar-refractivity contribution in [2.75, 3.05) is 0 Å². The quantitative estimate of drug-likeness (QED) is 0.568. The van der Waals surface area contributed by atoms with Gasteiger partial charge in [-0.25, -0.2) is 0 Å². The van der Waals surface area contributed by atoms with Crippen molar-refractivity contribution in [2.24, 2.45) is 11.7 Å². The molecule has 1 nitrogen and oxygen atoms in total. The lowest BCUT2D eigenvalue weighted by atomic mass is 10.0. The maximum atomic E-state index is 5.24. The first-order valence-electron chi connectivity index (χ1n) is 5.64. The fraction of sp³-hybridized carbons (Fsp3) is 0.833. The Morgan fingerprint density at radius 3 is 2.23 bits per heavy atom. The first-order chi connectivity index (χ1) is 6.27. The van der Waals surface area contributed by atoms with Crippen LogP contribution >= 0.6 is 0 Å². The van der Waals surface area contributed by atoms with E-state index in [9.17, 15) is 0 Å². The first kappa shape index (κ1) is 12.5. The van der Waals surface area contributed by atoms with Crippen LogP contribution < -0.4 is 5.73 Å². The van der Waals surface area contributed by atoms with Gasteiger partial charge in [0.2, 0.25) is 0 Å². The van der Waals surface area contributed by atoms with Gasteiger partial charge in [-0.1, -0.05) is 52.0 Å². The summed E-state index contributed by atoms with van der Waals surface area (Å²) >= 11 is 0. The van der Waals surface area contributed by atoms with Crippen molar-refractivity contribution in [1.29, 1.82) is 0 Å². The maximum Gasteiger partial charge on any atom is -0.0103 e. The highest BCUT2D eigenvalue weighted by Gasteiger charge is 1.93. The molecule has 1 heteroatoms. The predicted molar refractivity (Wildman–Crippen MR) is 60.5 cm³/mol. The molecule has 0 aromatic carbocycles. The number of hydrogen-bond donors (Lipinski definition) is 1. The molecule has 78 valence electrons. The van der Waals surface area contributed by atoms with Crippen LogP contribution in [0.3, 0.4) is 0 Å². The zero-order chi connectivity index (χ0) is 9.94. The molecule has 2 N–H and O–H groups in total. The van der Waals surface area contributed by atoms with Gasteiger partial charge in [0, 0.05) is 0 Å². The molecule has 0 heterocycles. The largest absolute Gasteiger partial charge is 0.405 e. The van der Waals surface area contributed by atoms with Gasteiger partial charge in [-0.05, 0) is 25.0 Å². The van der Waals surface area contributed by atoms with Crippen molar-refractivity contribution in [3.8, 4) is 0 Å².